The Balaban J connectivity index is 1.76. The number of carbonyl (C=O) groups excluding carboxylic acids is 1. The molecule has 1 aromatic carbocycles. The predicted molar refractivity (Wildman–Crippen MR) is 93.8 cm³/mol. The van der Waals surface area contributed by atoms with Crippen molar-refractivity contribution in [1.82, 2.24) is 15.2 Å². The molecule has 0 saturated carbocycles. The number of nitrogens with one attached hydrogen (secondary N) is 2. The number of anilines is 1. The highest BCUT2D eigenvalue weighted by atomic mass is 16.1. The number of rotatable bonds is 8. The van der Waals surface area contributed by atoms with E-state index in [0.717, 1.165) is 25.2 Å². The number of pyridine rings is 1. The number of hydrogen-bond acceptors (Lipinski definition) is 4. The molecule has 0 unspecified atom stereocenters. The molecule has 1 heterocycles. The highest BCUT2D eigenvalue weighted by Gasteiger charge is 2.06. The monoisotopic (exact) mass is 312 g/mol. The third-order valence-corrected chi connectivity index (χ3v) is 3.43. The van der Waals surface area contributed by atoms with Crippen LogP contribution in [0, 0.1) is 0 Å². The molecule has 1 aromatic heterocycles. The Morgan fingerprint density at radius 3 is 2.52 bits per heavy atom. The van der Waals surface area contributed by atoms with E-state index in [1.807, 2.05) is 43.3 Å². The zero-order valence-corrected chi connectivity index (χ0v) is 13.7. The smallest absolute Gasteiger partial charge is 0.269 e. The molecule has 0 bridgehead atoms. The number of likely N-dealkylation sites (N-methyl/N-ethyl adjacent to an activating group) is 1. The second-order valence-electron chi connectivity index (χ2n) is 5.65. The number of benzene rings is 1. The summed E-state index contributed by atoms with van der Waals surface area (Å²) >= 11 is 0. The molecule has 2 rings (SSSR count). The SMILES string of the molecule is CN(C)CCNC(=O)c1ccc(NCCc2ccccc2)cn1. The third kappa shape index (κ3) is 6.08. The van der Waals surface area contributed by atoms with E-state index in [1.54, 1.807) is 12.3 Å². The van der Waals surface area contributed by atoms with Gasteiger partial charge < -0.3 is 15.5 Å². The second kappa shape index (κ2) is 8.90. The lowest BCUT2D eigenvalue weighted by Crippen LogP contribution is -2.31. The first-order valence-electron chi connectivity index (χ1n) is 7.82. The van der Waals surface area contributed by atoms with Gasteiger partial charge in [0.25, 0.3) is 5.91 Å². The van der Waals surface area contributed by atoms with Crippen molar-refractivity contribution in [2.24, 2.45) is 0 Å². The molecule has 23 heavy (non-hydrogen) atoms. The van der Waals surface area contributed by atoms with Crippen molar-refractivity contribution >= 4 is 11.6 Å². The molecule has 0 aliphatic carbocycles. The Labute approximate surface area is 137 Å². The van der Waals surface area contributed by atoms with Gasteiger partial charge in [-0.05, 0) is 38.2 Å². The Kier molecular flexibility index (Phi) is 6.56. The fraction of sp³-hybridized carbons (Fsp3) is 0.333. The highest BCUT2D eigenvalue weighted by Crippen LogP contribution is 2.07. The maximum absolute atomic E-state index is 11.9. The third-order valence-electron chi connectivity index (χ3n) is 3.43. The second-order valence-corrected chi connectivity index (χ2v) is 5.65. The number of aromatic nitrogens is 1. The molecule has 2 aromatic rings. The van der Waals surface area contributed by atoms with Gasteiger partial charge in [-0.2, -0.15) is 0 Å². The molecule has 2 N–H and O–H groups in total. The molecule has 0 atom stereocenters. The van der Waals surface area contributed by atoms with Crippen LogP contribution >= 0.6 is 0 Å². The summed E-state index contributed by atoms with van der Waals surface area (Å²) in [6, 6.07) is 14.0. The van der Waals surface area contributed by atoms with Gasteiger partial charge in [0.05, 0.1) is 11.9 Å². The molecular formula is C18H24N4O. The van der Waals surface area contributed by atoms with Gasteiger partial charge in [0, 0.05) is 19.6 Å². The number of nitrogens with zero attached hydrogens (tertiary/aromatic N) is 2. The first-order valence-corrected chi connectivity index (χ1v) is 7.82. The van der Waals surface area contributed by atoms with Crippen LogP contribution in [0.4, 0.5) is 5.69 Å². The zero-order valence-electron chi connectivity index (χ0n) is 13.7. The number of amides is 1. The normalized spacial score (nSPS) is 10.6. The van der Waals surface area contributed by atoms with Crippen LogP contribution in [-0.4, -0.2) is 49.5 Å². The van der Waals surface area contributed by atoms with Gasteiger partial charge in [-0.1, -0.05) is 30.3 Å². The molecule has 5 heteroatoms. The minimum atomic E-state index is -0.136. The van der Waals surface area contributed by atoms with Crippen molar-refractivity contribution < 1.29 is 4.79 Å². The molecule has 0 fully saturated rings. The van der Waals surface area contributed by atoms with Gasteiger partial charge >= 0.3 is 0 Å². The van der Waals surface area contributed by atoms with E-state index in [-0.39, 0.29) is 5.91 Å². The molecule has 5 nitrogen and oxygen atoms in total. The Morgan fingerprint density at radius 1 is 1.09 bits per heavy atom. The summed E-state index contributed by atoms with van der Waals surface area (Å²) in [5.74, 6) is -0.136. The van der Waals surface area contributed by atoms with E-state index in [4.69, 9.17) is 0 Å². The lowest BCUT2D eigenvalue weighted by Gasteiger charge is -2.10. The molecule has 0 saturated heterocycles. The summed E-state index contributed by atoms with van der Waals surface area (Å²) in [6.45, 7) is 2.26. The Bertz CT molecular complexity index is 596. The lowest BCUT2D eigenvalue weighted by molar-refractivity contribution is 0.0946. The summed E-state index contributed by atoms with van der Waals surface area (Å²) in [6.07, 6.45) is 2.65. The summed E-state index contributed by atoms with van der Waals surface area (Å²) in [5.41, 5.74) is 2.66. The van der Waals surface area contributed by atoms with Crippen molar-refractivity contribution in [2.45, 2.75) is 6.42 Å². The molecule has 0 radical (unpaired) electrons. The van der Waals surface area contributed by atoms with Crippen LogP contribution < -0.4 is 10.6 Å². The maximum Gasteiger partial charge on any atom is 0.269 e. The van der Waals surface area contributed by atoms with Crippen molar-refractivity contribution in [3.8, 4) is 0 Å². The number of hydrogen-bond donors (Lipinski definition) is 2. The fourth-order valence-corrected chi connectivity index (χ4v) is 2.11. The van der Waals surface area contributed by atoms with Crippen molar-refractivity contribution in [2.75, 3.05) is 39.0 Å². The van der Waals surface area contributed by atoms with Crippen LogP contribution in [0.3, 0.4) is 0 Å². The average molecular weight is 312 g/mol. The van der Waals surface area contributed by atoms with Crippen LogP contribution in [0.15, 0.2) is 48.7 Å². The quantitative estimate of drug-likeness (QED) is 0.783. The minimum Gasteiger partial charge on any atom is -0.383 e. The van der Waals surface area contributed by atoms with Crippen LogP contribution in [0.25, 0.3) is 0 Å². The van der Waals surface area contributed by atoms with Crippen molar-refractivity contribution in [3.63, 3.8) is 0 Å². The van der Waals surface area contributed by atoms with Gasteiger partial charge in [-0.15, -0.1) is 0 Å². The molecule has 1 amide bonds. The Hall–Kier alpha value is -2.40. The largest absolute Gasteiger partial charge is 0.383 e. The molecular weight excluding hydrogens is 288 g/mol. The molecule has 0 aliphatic rings. The minimum absolute atomic E-state index is 0.136. The van der Waals surface area contributed by atoms with Crippen LogP contribution in [0.1, 0.15) is 16.1 Å². The topological polar surface area (TPSA) is 57.3 Å². The van der Waals surface area contributed by atoms with Crippen LogP contribution in [-0.2, 0) is 6.42 Å². The van der Waals surface area contributed by atoms with Crippen LogP contribution in [0.2, 0.25) is 0 Å². The van der Waals surface area contributed by atoms with E-state index >= 15 is 0 Å². The predicted octanol–water partition coefficient (Wildman–Crippen LogP) is 2.03. The summed E-state index contributed by atoms with van der Waals surface area (Å²) in [5, 5.41) is 6.17. The zero-order chi connectivity index (χ0) is 16.5. The van der Waals surface area contributed by atoms with Crippen molar-refractivity contribution in [3.05, 3.63) is 59.9 Å². The molecule has 0 spiro atoms. The van der Waals surface area contributed by atoms with Gasteiger partial charge in [0.2, 0.25) is 0 Å². The fourth-order valence-electron chi connectivity index (χ4n) is 2.11. The van der Waals surface area contributed by atoms with E-state index in [1.165, 1.54) is 5.56 Å². The summed E-state index contributed by atoms with van der Waals surface area (Å²) < 4.78 is 0. The van der Waals surface area contributed by atoms with Gasteiger partial charge in [-0.3, -0.25) is 4.79 Å². The van der Waals surface area contributed by atoms with E-state index < -0.39 is 0 Å². The Morgan fingerprint density at radius 2 is 1.87 bits per heavy atom. The molecule has 0 aliphatic heterocycles. The first-order chi connectivity index (χ1) is 11.1. The van der Waals surface area contributed by atoms with Crippen LogP contribution in [0.5, 0.6) is 0 Å². The highest BCUT2D eigenvalue weighted by molar-refractivity contribution is 5.92. The maximum atomic E-state index is 11.9. The summed E-state index contributed by atoms with van der Waals surface area (Å²) in [4.78, 5) is 18.2. The number of carbonyl (C=O) groups is 1. The summed E-state index contributed by atoms with van der Waals surface area (Å²) in [7, 11) is 3.95. The van der Waals surface area contributed by atoms with E-state index in [0.29, 0.717) is 12.2 Å². The van der Waals surface area contributed by atoms with Gasteiger partial charge in [0.15, 0.2) is 0 Å². The first kappa shape index (κ1) is 17.0. The average Bonchev–Trinajstić information content (AvgIpc) is 2.56. The van der Waals surface area contributed by atoms with Gasteiger partial charge in [-0.25, -0.2) is 4.98 Å². The van der Waals surface area contributed by atoms with Gasteiger partial charge in [0.1, 0.15) is 5.69 Å². The van der Waals surface area contributed by atoms with Crippen molar-refractivity contribution in [1.29, 1.82) is 0 Å². The van der Waals surface area contributed by atoms with E-state index in [9.17, 15) is 4.79 Å². The lowest BCUT2D eigenvalue weighted by atomic mass is 10.1. The standard InChI is InChI=1S/C18H24N4O/c1-22(2)13-12-20-18(23)17-9-8-16(14-21-17)19-11-10-15-6-4-3-5-7-15/h3-9,14,19H,10-13H2,1-2H3,(H,20,23). The molecule has 122 valence electrons. The van der Waals surface area contributed by atoms with E-state index in [2.05, 4.69) is 27.8 Å².